The van der Waals surface area contributed by atoms with Crippen molar-refractivity contribution < 1.29 is 33.2 Å². The van der Waals surface area contributed by atoms with Crippen molar-refractivity contribution in [2.75, 3.05) is 48.3 Å². The molecule has 0 unspecified atom stereocenters. The molecule has 0 spiro atoms. The monoisotopic (exact) mass is 646 g/mol. The largest absolute Gasteiger partial charge is 0.496 e. The summed E-state index contributed by atoms with van der Waals surface area (Å²) in [5.74, 6) is 1.41. The predicted octanol–water partition coefficient (Wildman–Crippen LogP) is 3.61. The number of thiazole rings is 1. The Morgan fingerprint density at radius 3 is 2.46 bits per heavy atom. The molecule has 0 fully saturated rings. The Hall–Kier alpha value is -3.61. The van der Waals surface area contributed by atoms with Crippen LogP contribution in [0, 0.1) is 0 Å². The summed E-state index contributed by atoms with van der Waals surface area (Å²) in [5.41, 5.74) is 1.54. The zero-order valence-electron chi connectivity index (χ0n) is 23.6. The Morgan fingerprint density at radius 2 is 1.80 bits per heavy atom. The Kier molecular flexibility index (Phi) is 9.90. The van der Waals surface area contributed by atoms with E-state index in [0.717, 1.165) is 0 Å². The van der Waals surface area contributed by atoms with Crippen LogP contribution in [0.1, 0.15) is 31.0 Å². The van der Waals surface area contributed by atoms with Crippen LogP contribution in [0.2, 0.25) is 0 Å². The predicted molar refractivity (Wildman–Crippen MR) is 158 cm³/mol. The van der Waals surface area contributed by atoms with Crippen molar-refractivity contribution in [3.05, 3.63) is 76.9 Å². The number of hydrogen-bond acceptors (Lipinski definition) is 10. The minimum absolute atomic E-state index is 0.0474. The first-order chi connectivity index (χ1) is 19.8. The number of rotatable bonds is 11. The van der Waals surface area contributed by atoms with E-state index in [0.29, 0.717) is 60.2 Å². The van der Waals surface area contributed by atoms with Gasteiger partial charge in [-0.15, -0.1) is 0 Å². The van der Waals surface area contributed by atoms with Gasteiger partial charge in [-0.2, -0.15) is 0 Å². The number of allylic oxidation sites excluding steroid dienone is 1. The quantitative estimate of drug-likeness (QED) is 0.230. The molecule has 0 amide bonds. The van der Waals surface area contributed by atoms with E-state index >= 15 is 0 Å². The molecule has 12 heteroatoms. The Morgan fingerprint density at radius 1 is 1.07 bits per heavy atom. The van der Waals surface area contributed by atoms with Crippen molar-refractivity contribution in [1.29, 1.82) is 0 Å². The van der Waals surface area contributed by atoms with Gasteiger partial charge in [0.1, 0.15) is 24.1 Å². The van der Waals surface area contributed by atoms with Crippen molar-refractivity contribution in [2.45, 2.75) is 19.9 Å². The molecule has 0 bridgehead atoms. The first-order valence-electron chi connectivity index (χ1n) is 12.7. The highest BCUT2D eigenvalue weighted by molar-refractivity contribution is 9.10. The summed E-state index contributed by atoms with van der Waals surface area (Å²) in [6.07, 6.45) is 1.73. The molecule has 1 aliphatic rings. The number of carbonyl (C=O) groups excluding carboxylic acids is 1. The van der Waals surface area contributed by atoms with Crippen molar-refractivity contribution in [2.24, 2.45) is 4.99 Å². The van der Waals surface area contributed by atoms with Crippen molar-refractivity contribution in [3.63, 3.8) is 0 Å². The number of benzene rings is 2. The lowest BCUT2D eigenvalue weighted by molar-refractivity contribution is -0.140. The zero-order valence-corrected chi connectivity index (χ0v) is 26.0. The lowest BCUT2D eigenvalue weighted by atomic mass is 9.94. The summed E-state index contributed by atoms with van der Waals surface area (Å²) in [6.45, 7) is 4.19. The SMILES string of the molecule is CCOc1c(OC)cccc1[C@H]1C(C(=O)OCCOC)=C(C)N=c2s/c(=C/c3cc(Br)c(OC)cc3OC)c(=O)n21. The fraction of sp³-hybridized carbons (Fsp3) is 0.345. The number of para-hydroxylation sites is 1. The van der Waals surface area contributed by atoms with Gasteiger partial charge in [0.15, 0.2) is 16.3 Å². The number of carbonyl (C=O) groups is 1. The number of halogens is 1. The van der Waals surface area contributed by atoms with Crippen LogP contribution in [-0.2, 0) is 14.3 Å². The smallest absolute Gasteiger partial charge is 0.338 e. The van der Waals surface area contributed by atoms with E-state index in [9.17, 15) is 9.59 Å². The number of esters is 1. The second-order valence-corrected chi connectivity index (χ2v) is 10.6. The molecule has 218 valence electrons. The average Bonchev–Trinajstić information content (AvgIpc) is 3.26. The minimum Gasteiger partial charge on any atom is -0.496 e. The van der Waals surface area contributed by atoms with Gasteiger partial charge in [-0.1, -0.05) is 23.5 Å². The molecule has 10 nitrogen and oxygen atoms in total. The van der Waals surface area contributed by atoms with Gasteiger partial charge in [0, 0.05) is 24.3 Å². The van der Waals surface area contributed by atoms with E-state index < -0.39 is 12.0 Å². The molecule has 1 aromatic heterocycles. The number of fused-ring (bicyclic) bond motifs is 1. The molecule has 3 aromatic rings. The lowest BCUT2D eigenvalue weighted by Crippen LogP contribution is -2.40. The molecule has 2 heterocycles. The fourth-order valence-electron chi connectivity index (χ4n) is 4.52. The van der Waals surface area contributed by atoms with Crippen LogP contribution >= 0.6 is 27.3 Å². The summed E-state index contributed by atoms with van der Waals surface area (Å²) in [5, 5.41) is 0. The number of ether oxygens (including phenoxy) is 6. The third-order valence-corrected chi connectivity index (χ3v) is 7.97. The Balaban J connectivity index is 1.99. The second kappa shape index (κ2) is 13.4. The molecule has 0 radical (unpaired) electrons. The maximum atomic E-state index is 14.1. The van der Waals surface area contributed by atoms with E-state index in [-0.39, 0.29) is 24.3 Å². The van der Waals surface area contributed by atoms with Crippen LogP contribution in [0.5, 0.6) is 23.0 Å². The minimum atomic E-state index is -0.885. The normalized spacial score (nSPS) is 14.8. The Bertz CT molecular complexity index is 1660. The molecule has 0 saturated carbocycles. The molecule has 4 rings (SSSR count). The maximum Gasteiger partial charge on any atom is 0.338 e. The van der Waals surface area contributed by atoms with Crippen molar-refractivity contribution in [3.8, 4) is 23.0 Å². The van der Waals surface area contributed by atoms with Crippen LogP contribution in [-0.4, -0.2) is 58.8 Å². The lowest BCUT2D eigenvalue weighted by Gasteiger charge is -2.27. The summed E-state index contributed by atoms with van der Waals surface area (Å²) in [4.78, 5) is 32.7. The van der Waals surface area contributed by atoms with E-state index in [1.165, 1.54) is 30.1 Å². The highest BCUT2D eigenvalue weighted by Crippen LogP contribution is 2.41. The van der Waals surface area contributed by atoms with Gasteiger partial charge >= 0.3 is 5.97 Å². The summed E-state index contributed by atoms with van der Waals surface area (Å²) in [7, 11) is 6.17. The van der Waals surface area contributed by atoms with E-state index in [1.54, 1.807) is 51.5 Å². The molecule has 41 heavy (non-hydrogen) atoms. The fourth-order valence-corrected chi connectivity index (χ4v) is 6.08. The van der Waals surface area contributed by atoms with Gasteiger partial charge in [-0.25, -0.2) is 9.79 Å². The first-order valence-corrected chi connectivity index (χ1v) is 14.3. The average molecular weight is 648 g/mol. The molecule has 1 atom stereocenters. The van der Waals surface area contributed by atoms with Gasteiger partial charge in [0.05, 0.1) is 54.8 Å². The first kappa shape index (κ1) is 30.4. The van der Waals surface area contributed by atoms with Crippen LogP contribution in [0.4, 0.5) is 0 Å². The van der Waals surface area contributed by atoms with Gasteiger partial charge in [-0.3, -0.25) is 9.36 Å². The third-order valence-electron chi connectivity index (χ3n) is 6.37. The maximum absolute atomic E-state index is 14.1. The molecule has 0 N–H and O–H groups in total. The van der Waals surface area contributed by atoms with Crippen LogP contribution in [0.25, 0.3) is 6.08 Å². The molecular weight excluding hydrogens is 616 g/mol. The summed E-state index contributed by atoms with van der Waals surface area (Å²) < 4.78 is 35.7. The number of aromatic nitrogens is 1. The van der Waals surface area contributed by atoms with Gasteiger partial charge in [0.2, 0.25) is 0 Å². The van der Waals surface area contributed by atoms with Gasteiger partial charge < -0.3 is 28.4 Å². The van der Waals surface area contributed by atoms with Crippen molar-refractivity contribution >= 4 is 39.3 Å². The molecule has 0 aliphatic carbocycles. The Labute approximate surface area is 249 Å². The molecular formula is C29H31BrN2O8S. The third kappa shape index (κ3) is 6.04. The van der Waals surface area contributed by atoms with Crippen LogP contribution < -0.4 is 33.8 Å². The number of nitrogens with zero attached hydrogens (tertiary/aromatic N) is 2. The topological polar surface area (TPSA) is 107 Å². The summed E-state index contributed by atoms with van der Waals surface area (Å²) in [6, 6.07) is 8.02. The van der Waals surface area contributed by atoms with Crippen LogP contribution in [0.3, 0.4) is 0 Å². The zero-order chi connectivity index (χ0) is 29.7. The van der Waals surface area contributed by atoms with Crippen LogP contribution in [0.15, 0.2) is 55.9 Å². The molecule has 1 aliphatic heterocycles. The van der Waals surface area contributed by atoms with E-state index in [4.69, 9.17) is 28.4 Å². The highest BCUT2D eigenvalue weighted by atomic mass is 79.9. The van der Waals surface area contributed by atoms with Gasteiger partial charge in [-0.05, 0) is 48.0 Å². The van der Waals surface area contributed by atoms with Gasteiger partial charge in [0.25, 0.3) is 5.56 Å². The number of hydrogen-bond donors (Lipinski definition) is 0. The second-order valence-electron chi connectivity index (χ2n) is 8.75. The molecule has 0 saturated heterocycles. The molecule has 2 aromatic carbocycles. The standard InChI is InChI=1S/C29H31BrN2O8S/c1-7-39-26-18(9-8-10-20(26)36-4)25-24(28(34)40-12-11-35-3)16(2)31-29-32(25)27(33)23(41-29)14-17-13-19(30)22(38-6)15-21(17)37-5/h8-10,13-15,25H,7,11-12H2,1-6H3/b23-14+/t25-/m0/s1. The number of methoxy groups -OCH3 is 4. The summed E-state index contributed by atoms with van der Waals surface area (Å²) >= 11 is 4.71. The van der Waals surface area contributed by atoms with E-state index in [1.807, 2.05) is 13.0 Å². The van der Waals surface area contributed by atoms with Crippen molar-refractivity contribution in [1.82, 2.24) is 4.57 Å². The van der Waals surface area contributed by atoms with E-state index in [2.05, 4.69) is 20.9 Å². The highest BCUT2D eigenvalue weighted by Gasteiger charge is 2.36.